The van der Waals surface area contributed by atoms with Crippen LogP contribution in [0.4, 0.5) is 5.69 Å². The number of amides is 1. The molecule has 1 aromatic rings. The van der Waals surface area contributed by atoms with Gasteiger partial charge in [0.05, 0.1) is 22.7 Å². The van der Waals surface area contributed by atoms with Crippen LogP contribution in [0, 0.1) is 23.2 Å². The Labute approximate surface area is 210 Å². The Balaban J connectivity index is 1.37. The third-order valence-electron chi connectivity index (χ3n) is 10.6. The predicted molar refractivity (Wildman–Crippen MR) is 141 cm³/mol. The minimum atomic E-state index is -0.300. The summed E-state index contributed by atoms with van der Waals surface area (Å²) >= 11 is 0. The van der Waals surface area contributed by atoms with Crippen LogP contribution < -0.4 is 4.90 Å². The maximum Gasteiger partial charge on any atom is 0.240 e. The number of carbonyl (C=O) groups is 1. The standard InChI is InChI=1S/C30H42N4O/c1-32-12-14-33(15-13-32)26-27(31-29-19-22-16-23(20-29)18-24(17-22)21-29)34(25-8-4-2-5-9-25)28(35)30(26)10-6-3-7-11-30/h2,4-5,8-9,22-24,26H,3,6-7,10-21H2,1H3/t22?,23?,24?,26-,29?/m0/s1. The van der Waals surface area contributed by atoms with Crippen molar-refractivity contribution in [1.82, 2.24) is 9.80 Å². The summed E-state index contributed by atoms with van der Waals surface area (Å²) < 4.78 is 0. The molecule has 1 amide bonds. The zero-order valence-electron chi connectivity index (χ0n) is 21.5. The van der Waals surface area contributed by atoms with Gasteiger partial charge in [0.2, 0.25) is 5.91 Å². The summed E-state index contributed by atoms with van der Waals surface area (Å²) in [6, 6.07) is 10.6. The molecule has 2 saturated heterocycles. The first-order chi connectivity index (χ1) is 17.1. The van der Waals surface area contributed by atoms with Gasteiger partial charge in [-0.15, -0.1) is 0 Å². The molecule has 0 aromatic heterocycles. The Morgan fingerprint density at radius 1 is 0.829 bits per heavy atom. The second kappa shape index (κ2) is 8.41. The third kappa shape index (κ3) is 3.63. The maximum absolute atomic E-state index is 14.6. The lowest BCUT2D eigenvalue weighted by molar-refractivity contribution is -0.130. The molecule has 2 heterocycles. The van der Waals surface area contributed by atoms with Crippen LogP contribution in [0.5, 0.6) is 0 Å². The summed E-state index contributed by atoms with van der Waals surface area (Å²) in [5.41, 5.74) is 0.802. The van der Waals surface area contributed by atoms with Gasteiger partial charge in [0, 0.05) is 26.2 Å². The molecule has 188 valence electrons. The smallest absolute Gasteiger partial charge is 0.240 e. The molecule has 2 aliphatic heterocycles. The number of rotatable bonds is 3. The van der Waals surface area contributed by atoms with E-state index < -0.39 is 0 Å². The van der Waals surface area contributed by atoms with Crippen LogP contribution in [0.2, 0.25) is 0 Å². The molecule has 5 heteroatoms. The van der Waals surface area contributed by atoms with Crippen LogP contribution >= 0.6 is 0 Å². The van der Waals surface area contributed by atoms with Gasteiger partial charge in [0.25, 0.3) is 0 Å². The molecular weight excluding hydrogens is 432 g/mol. The molecule has 8 rings (SSSR count). The fraction of sp³-hybridized carbons (Fsp3) is 0.733. The van der Waals surface area contributed by atoms with E-state index >= 15 is 0 Å². The Kier molecular flexibility index (Phi) is 5.40. The number of anilines is 1. The van der Waals surface area contributed by atoms with E-state index in [4.69, 9.17) is 4.99 Å². The summed E-state index contributed by atoms with van der Waals surface area (Å²) in [5.74, 6) is 4.04. The normalized spacial score (nSPS) is 40.3. The number of piperazine rings is 1. The van der Waals surface area contributed by atoms with Crippen molar-refractivity contribution in [3.05, 3.63) is 30.3 Å². The van der Waals surface area contributed by atoms with E-state index in [1.54, 1.807) is 0 Å². The average Bonchev–Trinajstić information content (AvgIpc) is 3.06. The molecule has 35 heavy (non-hydrogen) atoms. The number of hydrogen-bond acceptors (Lipinski definition) is 4. The fourth-order valence-electron chi connectivity index (χ4n) is 9.46. The zero-order valence-corrected chi connectivity index (χ0v) is 21.5. The van der Waals surface area contributed by atoms with Crippen LogP contribution in [0.15, 0.2) is 35.3 Å². The lowest BCUT2D eigenvalue weighted by Gasteiger charge is -2.55. The number of amidine groups is 1. The van der Waals surface area contributed by atoms with Crippen molar-refractivity contribution in [2.24, 2.45) is 28.2 Å². The zero-order chi connectivity index (χ0) is 23.6. The van der Waals surface area contributed by atoms with E-state index in [1.165, 1.54) is 57.8 Å². The van der Waals surface area contributed by atoms with Crippen molar-refractivity contribution in [3.63, 3.8) is 0 Å². The summed E-state index contributed by atoms with van der Waals surface area (Å²) in [7, 11) is 2.23. The highest BCUT2D eigenvalue weighted by atomic mass is 16.2. The molecule has 4 bridgehead atoms. The van der Waals surface area contributed by atoms with Crippen LogP contribution in [0.3, 0.4) is 0 Å². The monoisotopic (exact) mass is 474 g/mol. The second-order valence-electron chi connectivity index (χ2n) is 13.0. The van der Waals surface area contributed by atoms with E-state index in [0.29, 0.717) is 5.91 Å². The Hall–Kier alpha value is -1.72. The first kappa shape index (κ1) is 22.5. The number of aliphatic imine (C=N–C) groups is 1. The van der Waals surface area contributed by atoms with Crippen molar-refractivity contribution in [2.45, 2.75) is 82.2 Å². The number of hydrogen-bond donors (Lipinski definition) is 0. The molecule has 7 fully saturated rings. The number of likely N-dealkylation sites (N-methyl/N-ethyl adjacent to an activating group) is 1. The van der Waals surface area contributed by atoms with Crippen molar-refractivity contribution < 1.29 is 4.79 Å². The van der Waals surface area contributed by atoms with Gasteiger partial charge in [-0.1, -0.05) is 37.5 Å². The molecule has 0 unspecified atom stereocenters. The molecule has 1 spiro atoms. The number of carbonyl (C=O) groups excluding carboxylic acids is 1. The predicted octanol–water partition coefficient (Wildman–Crippen LogP) is 4.97. The van der Waals surface area contributed by atoms with Gasteiger partial charge < -0.3 is 4.90 Å². The van der Waals surface area contributed by atoms with E-state index in [1.807, 2.05) is 0 Å². The second-order valence-corrected chi connectivity index (χ2v) is 13.0. The number of benzene rings is 1. The quantitative estimate of drug-likeness (QED) is 0.621. The topological polar surface area (TPSA) is 39.1 Å². The highest BCUT2D eigenvalue weighted by Gasteiger charge is 2.61. The van der Waals surface area contributed by atoms with Crippen molar-refractivity contribution in [1.29, 1.82) is 0 Å². The van der Waals surface area contributed by atoms with Crippen LogP contribution in [0.25, 0.3) is 0 Å². The maximum atomic E-state index is 14.6. The van der Waals surface area contributed by atoms with Gasteiger partial charge in [-0.2, -0.15) is 0 Å². The van der Waals surface area contributed by atoms with Gasteiger partial charge >= 0.3 is 0 Å². The molecule has 5 aliphatic carbocycles. The van der Waals surface area contributed by atoms with Gasteiger partial charge in [0.1, 0.15) is 5.84 Å². The van der Waals surface area contributed by atoms with Crippen LogP contribution in [0.1, 0.15) is 70.6 Å². The number of para-hydroxylation sites is 1. The Bertz CT molecular complexity index is 954. The lowest BCUT2D eigenvalue weighted by atomic mass is 9.53. The lowest BCUT2D eigenvalue weighted by Crippen LogP contribution is -2.58. The fourth-order valence-corrected chi connectivity index (χ4v) is 9.46. The Morgan fingerprint density at radius 2 is 1.43 bits per heavy atom. The molecule has 0 N–H and O–H groups in total. The summed E-state index contributed by atoms with van der Waals surface area (Å²) in [5, 5.41) is 0. The molecule has 1 atom stereocenters. The number of nitrogens with zero attached hydrogens (tertiary/aromatic N) is 4. The van der Waals surface area contributed by atoms with Gasteiger partial charge in [0.15, 0.2) is 0 Å². The first-order valence-electron chi connectivity index (χ1n) is 14.5. The Morgan fingerprint density at radius 3 is 2.03 bits per heavy atom. The molecular formula is C30H42N4O. The van der Waals surface area contributed by atoms with Crippen LogP contribution in [-0.2, 0) is 4.79 Å². The first-order valence-corrected chi connectivity index (χ1v) is 14.5. The molecule has 5 nitrogen and oxygen atoms in total. The van der Waals surface area contributed by atoms with Gasteiger partial charge in [-0.05, 0) is 88.3 Å². The largest absolute Gasteiger partial charge is 0.304 e. The summed E-state index contributed by atoms with van der Waals surface area (Å²) in [6.07, 6.45) is 13.7. The average molecular weight is 475 g/mol. The van der Waals surface area contributed by atoms with Crippen molar-refractivity contribution >= 4 is 17.4 Å². The minimum Gasteiger partial charge on any atom is -0.304 e. The van der Waals surface area contributed by atoms with Crippen LogP contribution in [-0.4, -0.2) is 66.4 Å². The van der Waals surface area contributed by atoms with Gasteiger partial charge in [-0.25, -0.2) is 0 Å². The third-order valence-corrected chi connectivity index (χ3v) is 10.6. The van der Waals surface area contributed by atoms with E-state index in [0.717, 1.165) is 68.3 Å². The van der Waals surface area contributed by atoms with E-state index in [2.05, 4.69) is 52.1 Å². The van der Waals surface area contributed by atoms with Gasteiger partial charge in [-0.3, -0.25) is 19.6 Å². The molecule has 0 radical (unpaired) electrons. The molecule has 1 aromatic carbocycles. The van der Waals surface area contributed by atoms with Crippen molar-refractivity contribution in [2.75, 3.05) is 38.1 Å². The molecule has 7 aliphatic rings. The van der Waals surface area contributed by atoms with E-state index in [-0.39, 0.29) is 17.0 Å². The summed E-state index contributed by atoms with van der Waals surface area (Å²) in [4.78, 5) is 27.7. The minimum absolute atomic E-state index is 0.0718. The highest BCUT2D eigenvalue weighted by molar-refractivity contribution is 6.27. The molecule has 5 saturated carbocycles. The SMILES string of the molecule is CN1CCN([C@H]2C(=NC34CC5CC(CC(C5)C3)C4)N(c3ccccc3)C(=O)C23CCCCC3)CC1. The van der Waals surface area contributed by atoms with Crippen molar-refractivity contribution in [3.8, 4) is 0 Å². The highest BCUT2D eigenvalue weighted by Crippen LogP contribution is 2.58. The van der Waals surface area contributed by atoms with E-state index in [9.17, 15) is 4.79 Å². The summed E-state index contributed by atoms with van der Waals surface area (Å²) in [6.45, 7) is 4.24.